The van der Waals surface area contributed by atoms with Gasteiger partial charge in [-0.15, -0.1) is 0 Å². The summed E-state index contributed by atoms with van der Waals surface area (Å²) in [5.74, 6) is 0.827. The minimum Gasteiger partial charge on any atom is -0.356 e. The highest BCUT2D eigenvalue weighted by molar-refractivity contribution is 5.80. The van der Waals surface area contributed by atoms with Crippen molar-refractivity contribution in [1.82, 2.24) is 20.4 Å². The minimum absolute atomic E-state index is 0.207. The number of aromatic nitrogens is 2. The summed E-state index contributed by atoms with van der Waals surface area (Å²) < 4.78 is 1.96. The van der Waals surface area contributed by atoms with E-state index in [2.05, 4.69) is 77.2 Å². The zero-order valence-corrected chi connectivity index (χ0v) is 16.9. The molecule has 5 heteroatoms. The first-order valence-corrected chi connectivity index (χ1v) is 9.80. The van der Waals surface area contributed by atoms with Crippen molar-refractivity contribution in [3.05, 3.63) is 83.7 Å². The summed E-state index contributed by atoms with van der Waals surface area (Å²) >= 11 is 0. The van der Waals surface area contributed by atoms with E-state index in [9.17, 15) is 0 Å². The van der Waals surface area contributed by atoms with Crippen molar-refractivity contribution in [1.29, 1.82) is 0 Å². The predicted molar refractivity (Wildman–Crippen MR) is 116 cm³/mol. The van der Waals surface area contributed by atoms with Crippen LogP contribution < -0.4 is 10.6 Å². The second-order valence-electron chi connectivity index (χ2n) is 6.90. The van der Waals surface area contributed by atoms with Crippen molar-refractivity contribution in [2.24, 2.45) is 4.99 Å². The maximum atomic E-state index is 4.64. The van der Waals surface area contributed by atoms with Crippen molar-refractivity contribution < 1.29 is 0 Å². The first kappa shape index (κ1) is 19.7. The lowest BCUT2D eigenvalue weighted by Crippen LogP contribution is -2.39. The van der Waals surface area contributed by atoms with E-state index in [1.54, 1.807) is 7.05 Å². The maximum absolute atomic E-state index is 4.64. The number of nitrogens with one attached hydrogen (secondary N) is 2. The molecular formula is C23H29N5. The molecule has 0 aliphatic heterocycles. The molecule has 1 aromatic heterocycles. The Morgan fingerprint density at radius 1 is 1.07 bits per heavy atom. The van der Waals surface area contributed by atoms with Crippen LogP contribution in [0, 0.1) is 6.92 Å². The third-order valence-electron chi connectivity index (χ3n) is 4.81. The zero-order chi connectivity index (χ0) is 19.8. The molecular weight excluding hydrogens is 346 g/mol. The van der Waals surface area contributed by atoms with Crippen LogP contribution in [0.1, 0.15) is 36.2 Å². The quantitative estimate of drug-likeness (QED) is 0.372. The van der Waals surface area contributed by atoms with E-state index in [0.29, 0.717) is 0 Å². The van der Waals surface area contributed by atoms with Crippen LogP contribution in [-0.4, -0.2) is 29.3 Å². The second kappa shape index (κ2) is 9.74. The topological polar surface area (TPSA) is 54.2 Å². The molecule has 0 radical (unpaired) electrons. The normalized spacial score (nSPS) is 12.6. The Morgan fingerprint density at radius 2 is 1.75 bits per heavy atom. The standard InChI is InChI=1S/C23H29N5/c1-18(20-11-6-4-7-12-20)26-23(24-3)25-16-10-13-21-17-28(27-19(21)2)22-14-8-5-9-15-22/h4-9,11-12,14-15,17-18H,10,13,16H2,1-3H3,(H2,24,25,26). The van der Waals surface area contributed by atoms with E-state index in [0.717, 1.165) is 36.7 Å². The molecule has 2 aromatic carbocycles. The van der Waals surface area contributed by atoms with Gasteiger partial charge in [-0.2, -0.15) is 5.10 Å². The number of aryl methyl sites for hydroxylation is 2. The highest BCUT2D eigenvalue weighted by Crippen LogP contribution is 2.13. The molecule has 1 unspecified atom stereocenters. The van der Waals surface area contributed by atoms with Gasteiger partial charge in [0, 0.05) is 19.8 Å². The van der Waals surface area contributed by atoms with Gasteiger partial charge >= 0.3 is 0 Å². The highest BCUT2D eigenvalue weighted by atomic mass is 15.3. The number of aliphatic imine (C=N–C) groups is 1. The van der Waals surface area contributed by atoms with Gasteiger partial charge in [0.15, 0.2) is 5.96 Å². The third kappa shape index (κ3) is 5.22. The van der Waals surface area contributed by atoms with Gasteiger partial charge in [0.2, 0.25) is 0 Å². The fourth-order valence-electron chi connectivity index (χ4n) is 3.16. The molecule has 3 rings (SSSR count). The predicted octanol–water partition coefficient (Wildman–Crippen LogP) is 4.04. The van der Waals surface area contributed by atoms with Gasteiger partial charge in [-0.1, -0.05) is 48.5 Å². The van der Waals surface area contributed by atoms with Crippen LogP contribution in [0.3, 0.4) is 0 Å². The summed E-state index contributed by atoms with van der Waals surface area (Å²) in [6.45, 7) is 5.07. The molecule has 0 fully saturated rings. The number of para-hydroxylation sites is 1. The lowest BCUT2D eigenvalue weighted by atomic mass is 10.1. The Labute approximate surface area is 167 Å². The Kier molecular flexibility index (Phi) is 6.84. The molecule has 2 N–H and O–H groups in total. The maximum Gasteiger partial charge on any atom is 0.191 e. The average Bonchev–Trinajstić information content (AvgIpc) is 3.12. The first-order chi connectivity index (χ1) is 13.7. The van der Waals surface area contributed by atoms with Gasteiger partial charge in [-0.25, -0.2) is 4.68 Å². The van der Waals surface area contributed by atoms with Gasteiger partial charge in [0.05, 0.1) is 17.4 Å². The summed E-state index contributed by atoms with van der Waals surface area (Å²) in [6.07, 6.45) is 4.13. The van der Waals surface area contributed by atoms with Gasteiger partial charge in [0.25, 0.3) is 0 Å². The molecule has 5 nitrogen and oxygen atoms in total. The van der Waals surface area contributed by atoms with E-state index in [-0.39, 0.29) is 6.04 Å². The van der Waals surface area contributed by atoms with Crippen LogP contribution in [0.25, 0.3) is 5.69 Å². The van der Waals surface area contributed by atoms with Crippen molar-refractivity contribution in [3.8, 4) is 5.69 Å². The molecule has 0 saturated heterocycles. The SMILES string of the molecule is CN=C(NCCCc1cn(-c2ccccc2)nc1C)NC(C)c1ccccc1. The molecule has 3 aromatic rings. The molecule has 146 valence electrons. The molecule has 28 heavy (non-hydrogen) atoms. The highest BCUT2D eigenvalue weighted by Gasteiger charge is 2.08. The van der Waals surface area contributed by atoms with Gasteiger partial charge in [-0.05, 0) is 49.9 Å². The lowest BCUT2D eigenvalue weighted by molar-refractivity contribution is 0.674. The summed E-state index contributed by atoms with van der Waals surface area (Å²) in [5, 5.41) is 11.5. The smallest absolute Gasteiger partial charge is 0.191 e. The van der Waals surface area contributed by atoms with Crippen LogP contribution in [0.4, 0.5) is 0 Å². The zero-order valence-electron chi connectivity index (χ0n) is 16.9. The van der Waals surface area contributed by atoms with Gasteiger partial charge < -0.3 is 10.6 Å². The Morgan fingerprint density at radius 3 is 2.43 bits per heavy atom. The summed E-state index contributed by atoms with van der Waals surface area (Å²) in [5.41, 5.74) is 4.71. The fourth-order valence-corrected chi connectivity index (χ4v) is 3.16. The molecule has 0 saturated carbocycles. The monoisotopic (exact) mass is 375 g/mol. The number of nitrogens with zero attached hydrogens (tertiary/aromatic N) is 3. The molecule has 0 spiro atoms. The molecule has 0 amide bonds. The van der Waals surface area contributed by atoms with E-state index < -0.39 is 0 Å². The van der Waals surface area contributed by atoms with E-state index >= 15 is 0 Å². The van der Waals surface area contributed by atoms with Crippen molar-refractivity contribution in [2.75, 3.05) is 13.6 Å². The molecule has 0 aliphatic rings. The number of guanidine groups is 1. The van der Waals surface area contributed by atoms with Crippen LogP contribution in [-0.2, 0) is 6.42 Å². The summed E-state index contributed by atoms with van der Waals surface area (Å²) in [6, 6.07) is 20.8. The first-order valence-electron chi connectivity index (χ1n) is 9.80. The minimum atomic E-state index is 0.207. The summed E-state index contributed by atoms with van der Waals surface area (Å²) in [7, 11) is 1.81. The third-order valence-corrected chi connectivity index (χ3v) is 4.81. The Hall–Kier alpha value is -3.08. The molecule has 1 atom stereocenters. The second-order valence-corrected chi connectivity index (χ2v) is 6.90. The number of benzene rings is 2. The molecule has 0 bridgehead atoms. The van der Waals surface area contributed by atoms with Gasteiger partial charge in [0.1, 0.15) is 0 Å². The largest absolute Gasteiger partial charge is 0.356 e. The number of hydrogen-bond donors (Lipinski definition) is 2. The van der Waals surface area contributed by atoms with E-state index in [1.807, 2.05) is 28.9 Å². The van der Waals surface area contributed by atoms with Crippen LogP contribution in [0.2, 0.25) is 0 Å². The fraction of sp³-hybridized carbons (Fsp3) is 0.304. The molecule has 0 aliphatic carbocycles. The number of rotatable bonds is 7. The van der Waals surface area contributed by atoms with Crippen LogP contribution >= 0.6 is 0 Å². The van der Waals surface area contributed by atoms with Crippen LogP contribution in [0.5, 0.6) is 0 Å². The van der Waals surface area contributed by atoms with Gasteiger partial charge in [-0.3, -0.25) is 4.99 Å². The van der Waals surface area contributed by atoms with Crippen LogP contribution in [0.15, 0.2) is 71.9 Å². The number of hydrogen-bond acceptors (Lipinski definition) is 2. The Balaban J connectivity index is 1.48. The summed E-state index contributed by atoms with van der Waals surface area (Å²) in [4.78, 5) is 4.34. The van der Waals surface area contributed by atoms with Crippen molar-refractivity contribution in [3.63, 3.8) is 0 Å². The average molecular weight is 376 g/mol. The van der Waals surface area contributed by atoms with E-state index in [4.69, 9.17) is 0 Å². The van der Waals surface area contributed by atoms with Crippen molar-refractivity contribution in [2.45, 2.75) is 32.7 Å². The van der Waals surface area contributed by atoms with E-state index in [1.165, 1.54) is 11.1 Å². The Bertz CT molecular complexity index is 884. The van der Waals surface area contributed by atoms with Crippen molar-refractivity contribution >= 4 is 5.96 Å². The lowest BCUT2D eigenvalue weighted by Gasteiger charge is -2.18. The molecule has 1 heterocycles.